The number of fused-ring (bicyclic) bond motifs is 1. The van der Waals surface area contributed by atoms with E-state index in [4.69, 9.17) is 10.5 Å². The molecule has 8 heteroatoms. The van der Waals surface area contributed by atoms with Crippen molar-refractivity contribution in [3.8, 4) is 5.75 Å². The van der Waals surface area contributed by atoms with Crippen LogP contribution in [-0.2, 0) is 9.84 Å². The Hall–Kier alpha value is -2.61. The molecule has 0 aliphatic carbocycles. The lowest BCUT2D eigenvalue weighted by Gasteiger charge is -2.05. The number of nitrogens with two attached hydrogens (primary N) is 1. The average Bonchev–Trinajstić information content (AvgIpc) is 2.92. The fourth-order valence-corrected chi connectivity index (χ4v) is 3.47. The first-order valence-corrected chi connectivity index (χ1v) is 7.92. The Morgan fingerprint density at radius 2 is 1.91 bits per heavy atom. The fraction of sp³-hybridized carbons (Fsp3) is 0.143. The number of nitrogens with zero attached hydrogens (tertiary/aromatic N) is 3. The molecule has 2 N–H and O–H groups in total. The number of nitrogen functional groups attached to an aromatic ring is 1. The van der Waals surface area contributed by atoms with Crippen LogP contribution in [0, 0.1) is 6.92 Å². The first kappa shape index (κ1) is 14.3. The van der Waals surface area contributed by atoms with Gasteiger partial charge in [0.15, 0.2) is 5.65 Å². The summed E-state index contributed by atoms with van der Waals surface area (Å²) < 4.78 is 31.9. The zero-order valence-corrected chi connectivity index (χ0v) is 12.8. The van der Waals surface area contributed by atoms with Crippen molar-refractivity contribution < 1.29 is 13.2 Å². The van der Waals surface area contributed by atoms with Gasteiger partial charge in [0.05, 0.1) is 18.2 Å². The molecule has 22 heavy (non-hydrogen) atoms. The summed E-state index contributed by atoms with van der Waals surface area (Å²) in [7, 11) is -2.22. The first-order chi connectivity index (χ1) is 10.4. The zero-order chi connectivity index (χ0) is 15.9. The van der Waals surface area contributed by atoms with E-state index in [1.165, 1.54) is 30.0 Å². The number of anilines is 1. The highest BCUT2D eigenvalue weighted by molar-refractivity contribution is 7.91. The zero-order valence-electron chi connectivity index (χ0n) is 12.0. The van der Waals surface area contributed by atoms with Gasteiger partial charge in [-0.25, -0.2) is 13.4 Å². The third-order valence-corrected chi connectivity index (χ3v) is 5.01. The number of aromatic nitrogens is 3. The minimum atomic E-state index is -3.74. The summed E-state index contributed by atoms with van der Waals surface area (Å²) in [4.78, 5) is 4.40. The van der Waals surface area contributed by atoms with Gasteiger partial charge in [0.1, 0.15) is 16.5 Å². The Kier molecular flexibility index (Phi) is 3.25. The molecule has 0 aliphatic rings. The van der Waals surface area contributed by atoms with Gasteiger partial charge in [-0.1, -0.05) is 0 Å². The predicted molar refractivity (Wildman–Crippen MR) is 80.6 cm³/mol. The van der Waals surface area contributed by atoms with Crippen LogP contribution in [0.5, 0.6) is 5.75 Å². The van der Waals surface area contributed by atoms with Crippen LogP contribution >= 0.6 is 0 Å². The second kappa shape index (κ2) is 4.99. The van der Waals surface area contributed by atoms with E-state index in [-0.39, 0.29) is 15.4 Å². The van der Waals surface area contributed by atoms with Crippen LogP contribution in [0.1, 0.15) is 5.69 Å². The molecule has 0 atom stereocenters. The van der Waals surface area contributed by atoms with E-state index in [2.05, 4.69) is 10.1 Å². The summed E-state index contributed by atoms with van der Waals surface area (Å²) in [5, 5.41) is 4.01. The number of hydrogen-bond acceptors (Lipinski definition) is 6. The molecule has 3 rings (SSSR count). The van der Waals surface area contributed by atoms with Gasteiger partial charge < -0.3 is 10.5 Å². The predicted octanol–water partition coefficient (Wildman–Crippen LogP) is 1.46. The minimum Gasteiger partial charge on any atom is -0.497 e. The average molecular weight is 318 g/mol. The van der Waals surface area contributed by atoms with Crippen molar-refractivity contribution in [3.05, 3.63) is 42.2 Å². The number of aryl methyl sites for hydroxylation is 1. The van der Waals surface area contributed by atoms with Gasteiger partial charge in [0, 0.05) is 11.8 Å². The van der Waals surface area contributed by atoms with E-state index in [9.17, 15) is 8.42 Å². The summed E-state index contributed by atoms with van der Waals surface area (Å²) in [6.07, 6.45) is 1.26. The van der Waals surface area contributed by atoms with E-state index >= 15 is 0 Å². The molecule has 7 nitrogen and oxygen atoms in total. The molecule has 2 heterocycles. The van der Waals surface area contributed by atoms with Crippen LogP contribution in [-0.4, -0.2) is 30.1 Å². The van der Waals surface area contributed by atoms with Crippen molar-refractivity contribution in [3.63, 3.8) is 0 Å². The summed E-state index contributed by atoms with van der Waals surface area (Å²) >= 11 is 0. The minimum absolute atomic E-state index is 0.0214. The molecule has 0 amide bonds. The highest BCUT2D eigenvalue weighted by Crippen LogP contribution is 2.26. The second-order valence-corrected chi connectivity index (χ2v) is 6.66. The van der Waals surface area contributed by atoms with Crippen molar-refractivity contribution in [1.29, 1.82) is 0 Å². The number of methoxy groups -OCH3 is 1. The summed E-state index contributed by atoms with van der Waals surface area (Å²) in [6.45, 7) is 1.74. The maximum absolute atomic E-state index is 12.8. The van der Waals surface area contributed by atoms with Crippen LogP contribution in [0.2, 0.25) is 0 Å². The van der Waals surface area contributed by atoms with E-state index in [1.54, 1.807) is 25.1 Å². The highest BCUT2D eigenvalue weighted by Gasteiger charge is 2.24. The van der Waals surface area contributed by atoms with Gasteiger partial charge in [-0.15, -0.1) is 0 Å². The van der Waals surface area contributed by atoms with Crippen molar-refractivity contribution in [2.75, 3.05) is 12.8 Å². The van der Waals surface area contributed by atoms with Crippen molar-refractivity contribution in [2.24, 2.45) is 0 Å². The number of ether oxygens (including phenoxy) is 1. The van der Waals surface area contributed by atoms with Crippen LogP contribution in [0.15, 0.2) is 46.3 Å². The van der Waals surface area contributed by atoms with Gasteiger partial charge in [-0.3, -0.25) is 0 Å². The Morgan fingerprint density at radius 1 is 1.23 bits per heavy atom. The summed E-state index contributed by atoms with van der Waals surface area (Å²) in [6, 6.07) is 7.77. The normalized spacial score (nSPS) is 11.7. The third kappa shape index (κ3) is 2.17. The molecule has 0 unspecified atom stereocenters. The van der Waals surface area contributed by atoms with Crippen LogP contribution in [0.3, 0.4) is 0 Å². The molecular weight excluding hydrogens is 304 g/mol. The van der Waals surface area contributed by atoms with Gasteiger partial charge in [-0.2, -0.15) is 9.61 Å². The number of sulfone groups is 1. The van der Waals surface area contributed by atoms with Crippen LogP contribution < -0.4 is 10.5 Å². The quantitative estimate of drug-likeness (QED) is 0.785. The summed E-state index contributed by atoms with van der Waals surface area (Å²) in [5.41, 5.74) is 6.68. The molecule has 2 aromatic heterocycles. The SMILES string of the molecule is COc1ccc(S(=O)(=O)c2cnn3c(N)cc(C)nc23)cc1. The highest BCUT2D eigenvalue weighted by atomic mass is 32.2. The topological polar surface area (TPSA) is 99.6 Å². The molecule has 0 saturated carbocycles. The molecular formula is C14H14N4O3S. The molecule has 0 spiro atoms. The number of benzene rings is 1. The van der Waals surface area contributed by atoms with Gasteiger partial charge in [0.25, 0.3) is 0 Å². The molecule has 0 radical (unpaired) electrons. The molecule has 0 aliphatic heterocycles. The lowest BCUT2D eigenvalue weighted by molar-refractivity contribution is 0.414. The molecule has 1 aromatic carbocycles. The van der Waals surface area contributed by atoms with Crippen molar-refractivity contribution in [2.45, 2.75) is 16.7 Å². The molecule has 0 fully saturated rings. The largest absolute Gasteiger partial charge is 0.497 e. The second-order valence-electron chi connectivity index (χ2n) is 4.75. The maximum atomic E-state index is 12.8. The number of rotatable bonds is 3. The van der Waals surface area contributed by atoms with E-state index in [1.807, 2.05) is 0 Å². The van der Waals surface area contributed by atoms with E-state index in [0.29, 0.717) is 17.3 Å². The van der Waals surface area contributed by atoms with Gasteiger partial charge in [-0.05, 0) is 31.2 Å². The Morgan fingerprint density at radius 3 is 2.55 bits per heavy atom. The standard InChI is InChI=1S/C14H14N4O3S/c1-9-7-13(15)18-14(17-9)12(8-16-18)22(19,20)11-5-3-10(21-2)4-6-11/h3-8H,15H2,1-2H3. The van der Waals surface area contributed by atoms with Gasteiger partial charge >= 0.3 is 0 Å². The number of hydrogen-bond donors (Lipinski definition) is 1. The molecule has 3 aromatic rings. The smallest absolute Gasteiger partial charge is 0.211 e. The van der Waals surface area contributed by atoms with Crippen molar-refractivity contribution in [1.82, 2.24) is 14.6 Å². The maximum Gasteiger partial charge on any atom is 0.211 e. The summed E-state index contributed by atoms with van der Waals surface area (Å²) in [5.74, 6) is 0.913. The fourth-order valence-electron chi connectivity index (χ4n) is 2.16. The van der Waals surface area contributed by atoms with Crippen LogP contribution in [0.4, 0.5) is 5.82 Å². The Balaban J connectivity index is 2.20. The Labute approximate surface area is 127 Å². The lowest BCUT2D eigenvalue weighted by Crippen LogP contribution is -2.05. The van der Waals surface area contributed by atoms with E-state index in [0.717, 1.165) is 0 Å². The van der Waals surface area contributed by atoms with E-state index < -0.39 is 9.84 Å². The first-order valence-electron chi connectivity index (χ1n) is 6.43. The van der Waals surface area contributed by atoms with Crippen molar-refractivity contribution >= 4 is 21.3 Å². The lowest BCUT2D eigenvalue weighted by atomic mass is 10.3. The monoisotopic (exact) mass is 318 g/mol. The molecule has 0 saturated heterocycles. The third-order valence-electron chi connectivity index (χ3n) is 3.25. The molecule has 0 bridgehead atoms. The van der Waals surface area contributed by atoms with Gasteiger partial charge in [0.2, 0.25) is 9.84 Å². The van der Waals surface area contributed by atoms with Crippen LogP contribution in [0.25, 0.3) is 5.65 Å². The molecule has 114 valence electrons. The Bertz CT molecular complexity index is 946.